The largest absolute Gasteiger partial charge is 0.290 e. The molecule has 0 aliphatic heterocycles. The minimum Gasteiger partial charge on any atom is -0.290 e. The van der Waals surface area contributed by atoms with E-state index < -0.39 is 0 Å². The molecule has 0 unspecified atom stereocenters. The van der Waals surface area contributed by atoms with Gasteiger partial charge in [-0.3, -0.25) is 4.79 Å². The molecule has 0 saturated carbocycles. The van der Waals surface area contributed by atoms with Crippen LogP contribution in [0.5, 0.6) is 0 Å². The van der Waals surface area contributed by atoms with E-state index in [4.69, 9.17) is 0 Å². The van der Waals surface area contributed by atoms with Crippen LogP contribution >= 0.6 is 0 Å². The van der Waals surface area contributed by atoms with E-state index in [2.05, 4.69) is 6.08 Å². The molecule has 0 atom stereocenters. The highest BCUT2D eigenvalue weighted by Gasteiger charge is 2.08. The van der Waals surface area contributed by atoms with Gasteiger partial charge >= 0.3 is 0 Å². The Morgan fingerprint density at radius 3 is 2.91 bits per heavy atom. The first kappa shape index (κ1) is 8.25. The highest BCUT2D eigenvalue weighted by molar-refractivity contribution is 6.03. The average Bonchev–Trinajstić information content (AvgIpc) is 2.07. The number of hydrogen-bond donors (Lipinski definition) is 0. The first-order valence-corrected chi connectivity index (χ1v) is 4.20. The van der Waals surface area contributed by atoms with Crippen molar-refractivity contribution >= 4 is 5.78 Å². The van der Waals surface area contributed by atoms with Gasteiger partial charge in [-0.2, -0.15) is 0 Å². The van der Waals surface area contributed by atoms with Crippen molar-refractivity contribution in [2.24, 2.45) is 0 Å². The number of carbonyl (C=O) groups excluding carboxylic acids is 1. The Balaban J connectivity index is 2.58. The third-order valence-electron chi connectivity index (χ3n) is 1.93. The third kappa shape index (κ3) is 2.34. The van der Waals surface area contributed by atoms with Gasteiger partial charge in [0.05, 0.1) is 0 Å². The lowest BCUT2D eigenvalue weighted by Crippen LogP contribution is -2.01. The summed E-state index contributed by atoms with van der Waals surface area (Å²) >= 11 is 0. The van der Waals surface area contributed by atoms with E-state index in [-0.39, 0.29) is 5.78 Å². The maximum atomic E-state index is 11.2. The highest BCUT2D eigenvalue weighted by Crippen LogP contribution is 2.18. The quantitative estimate of drug-likeness (QED) is 0.553. The lowest BCUT2D eigenvalue weighted by molar-refractivity contribution is -0.111. The molecule has 1 heteroatoms. The molecule has 0 aromatic rings. The lowest BCUT2D eigenvalue weighted by atomic mass is 9.96. The third-order valence-corrected chi connectivity index (χ3v) is 1.93. The molecule has 0 N–H and O–H groups in total. The second kappa shape index (κ2) is 4.12. The number of ketones is 1. The number of hydrogen-bond acceptors (Lipinski definition) is 1. The van der Waals surface area contributed by atoms with Crippen molar-refractivity contribution < 1.29 is 4.79 Å². The van der Waals surface area contributed by atoms with Gasteiger partial charge in [0, 0.05) is 0 Å². The first-order chi connectivity index (χ1) is 5.34. The van der Waals surface area contributed by atoms with Crippen molar-refractivity contribution in [2.45, 2.75) is 32.6 Å². The summed E-state index contributed by atoms with van der Waals surface area (Å²) in [6, 6.07) is 0. The Hall–Kier alpha value is -0.850. The summed E-state index contributed by atoms with van der Waals surface area (Å²) in [5.41, 5.74) is 1.01. The topological polar surface area (TPSA) is 17.1 Å². The zero-order valence-electron chi connectivity index (χ0n) is 6.97. The van der Waals surface area contributed by atoms with Crippen LogP contribution in [0.4, 0.5) is 0 Å². The minimum atomic E-state index is 0.201. The Labute approximate surface area is 67.8 Å². The maximum Gasteiger partial charge on any atom is 0.181 e. The van der Waals surface area contributed by atoms with Gasteiger partial charge in [-0.15, -0.1) is 0 Å². The fourth-order valence-corrected chi connectivity index (χ4v) is 1.32. The van der Waals surface area contributed by atoms with Crippen LogP contribution in [0.3, 0.4) is 0 Å². The zero-order chi connectivity index (χ0) is 8.10. The summed E-state index contributed by atoms with van der Waals surface area (Å²) in [5.74, 6) is 0.201. The van der Waals surface area contributed by atoms with Crippen molar-refractivity contribution in [2.75, 3.05) is 0 Å². The Morgan fingerprint density at radius 1 is 1.55 bits per heavy atom. The van der Waals surface area contributed by atoms with Crippen LogP contribution in [0.25, 0.3) is 0 Å². The Kier molecular flexibility index (Phi) is 3.09. The van der Waals surface area contributed by atoms with Crippen LogP contribution in [-0.4, -0.2) is 5.78 Å². The molecule has 0 spiro atoms. The van der Waals surface area contributed by atoms with Crippen LogP contribution in [0.2, 0.25) is 0 Å². The molecule has 0 fully saturated rings. The van der Waals surface area contributed by atoms with Gasteiger partial charge in [0.2, 0.25) is 0 Å². The molecule has 1 aliphatic rings. The average molecular weight is 150 g/mol. The molecule has 0 heterocycles. The molecule has 0 radical (unpaired) electrons. The minimum absolute atomic E-state index is 0.201. The molecule has 1 aliphatic carbocycles. The molecule has 0 aromatic carbocycles. The molecular formula is C10H14O. The predicted octanol–water partition coefficient (Wildman–Crippen LogP) is 2.63. The van der Waals surface area contributed by atoms with Crippen LogP contribution in [0.15, 0.2) is 23.8 Å². The van der Waals surface area contributed by atoms with E-state index in [1.807, 2.05) is 6.92 Å². The molecule has 0 bridgehead atoms. The molecule has 60 valence electrons. The van der Waals surface area contributed by atoms with Crippen molar-refractivity contribution in [3.05, 3.63) is 23.8 Å². The van der Waals surface area contributed by atoms with Crippen LogP contribution < -0.4 is 0 Å². The van der Waals surface area contributed by atoms with Gasteiger partial charge in [0.15, 0.2) is 5.78 Å². The van der Waals surface area contributed by atoms with E-state index in [0.717, 1.165) is 18.4 Å². The second-order valence-electron chi connectivity index (χ2n) is 2.84. The fraction of sp³-hybridized carbons (Fsp3) is 0.500. The second-order valence-corrected chi connectivity index (χ2v) is 2.84. The zero-order valence-corrected chi connectivity index (χ0v) is 6.97. The van der Waals surface area contributed by atoms with Crippen molar-refractivity contribution in [3.63, 3.8) is 0 Å². The summed E-state index contributed by atoms with van der Waals surface area (Å²) in [4.78, 5) is 11.2. The smallest absolute Gasteiger partial charge is 0.181 e. The van der Waals surface area contributed by atoms with Gasteiger partial charge in [-0.25, -0.2) is 0 Å². The van der Waals surface area contributed by atoms with Gasteiger partial charge < -0.3 is 0 Å². The van der Waals surface area contributed by atoms with E-state index in [1.165, 1.54) is 12.8 Å². The maximum absolute atomic E-state index is 11.2. The van der Waals surface area contributed by atoms with E-state index in [9.17, 15) is 4.79 Å². The SMILES string of the molecule is C/C=C/C(=O)C1=CCCCC1. The summed E-state index contributed by atoms with van der Waals surface area (Å²) in [6.45, 7) is 1.88. The molecule has 0 amide bonds. The molecule has 1 nitrogen and oxygen atoms in total. The summed E-state index contributed by atoms with van der Waals surface area (Å²) in [5, 5.41) is 0. The first-order valence-electron chi connectivity index (χ1n) is 4.20. The van der Waals surface area contributed by atoms with Crippen molar-refractivity contribution in [1.82, 2.24) is 0 Å². The van der Waals surface area contributed by atoms with Crippen molar-refractivity contribution in [3.8, 4) is 0 Å². The lowest BCUT2D eigenvalue weighted by Gasteiger charge is -2.08. The molecular weight excluding hydrogens is 136 g/mol. The molecule has 0 aromatic heterocycles. The highest BCUT2D eigenvalue weighted by atomic mass is 16.1. The fourth-order valence-electron chi connectivity index (χ4n) is 1.32. The number of rotatable bonds is 2. The van der Waals surface area contributed by atoms with Crippen LogP contribution in [0.1, 0.15) is 32.6 Å². The number of allylic oxidation sites excluding steroid dienone is 4. The van der Waals surface area contributed by atoms with Crippen LogP contribution in [0, 0.1) is 0 Å². The van der Waals surface area contributed by atoms with Gasteiger partial charge in [0.1, 0.15) is 0 Å². The summed E-state index contributed by atoms with van der Waals surface area (Å²) in [7, 11) is 0. The monoisotopic (exact) mass is 150 g/mol. The predicted molar refractivity (Wildman–Crippen MR) is 46.4 cm³/mol. The van der Waals surface area contributed by atoms with E-state index >= 15 is 0 Å². The molecule has 11 heavy (non-hydrogen) atoms. The normalized spacial score (nSPS) is 18.5. The number of carbonyl (C=O) groups is 1. The van der Waals surface area contributed by atoms with Gasteiger partial charge in [-0.1, -0.05) is 12.2 Å². The van der Waals surface area contributed by atoms with E-state index in [0.29, 0.717) is 0 Å². The summed E-state index contributed by atoms with van der Waals surface area (Å²) < 4.78 is 0. The Morgan fingerprint density at radius 2 is 2.36 bits per heavy atom. The van der Waals surface area contributed by atoms with Crippen LogP contribution in [-0.2, 0) is 4.79 Å². The van der Waals surface area contributed by atoms with E-state index in [1.54, 1.807) is 12.2 Å². The molecule has 1 rings (SSSR count). The summed E-state index contributed by atoms with van der Waals surface area (Å²) in [6.07, 6.45) is 10.0. The Bertz CT molecular complexity index is 199. The van der Waals surface area contributed by atoms with Crippen molar-refractivity contribution in [1.29, 1.82) is 0 Å². The standard InChI is InChI=1S/C10H14O/c1-2-6-10(11)9-7-4-3-5-8-9/h2,6-7H,3-5,8H2,1H3/b6-2+. The van der Waals surface area contributed by atoms with Gasteiger partial charge in [0.25, 0.3) is 0 Å². The molecule has 0 saturated heterocycles. The van der Waals surface area contributed by atoms with Gasteiger partial charge in [-0.05, 0) is 44.3 Å².